The Labute approximate surface area is 389 Å². The Hall–Kier alpha value is -1.16. The zero-order valence-corrected chi connectivity index (χ0v) is 37.2. The first-order valence-electron chi connectivity index (χ1n) is 22.5. The van der Waals surface area contributed by atoms with E-state index in [1.54, 1.807) is 0 Å². The molecule has 0 radical (unpaired) electrons. The van der Waals surface area contributed by atoms with Crippen molar-refractivity contribution in [1.82, 2.24) is 10.2 Å². The molecule has 0 aromatic rings. The maximum Gasteiger partial charge on any atom is 0.187 e. The predicted molar refractivity (Wildman–Crippen MR) is 217 cm³/mol. The lowest BCUT2D eigenvalue weighted by Gasteiger charge is -2.47. The minimum Gasteiger partial charge on any atom is -0.394 e. The molecule has 5 heterocycles. The van der Waals surface area contributed by atoms with E-state index in [9.17, 15) is 91.9 Å². The highest BCUT2D eigenvalue weighted by Gasteiger charge is 2.52. The minimum atomic E-state index is -1.94. The van der Waals surface area contributed by atoms with Crippen LogP contribution in [0, 0.1) is 0 Å². The summed E-state index contributed by atoms with van der Waals surface area (Å²) in [6, 6.07) is 0. The Balaban J connectivity index is 1.08. The van der Waals surface area contributed by atoms with Crippen molar-refractivity contribution in [3.63, 3.8) is 0 Å². The van der Waals surface area contributed by atoms with Gasteiger partial charge in [0.15, 0.2) is 25.2 Å². The first kappa shape index (κ1) is 57.7. The van der Waals surface area contributed by atoms with E-state index in [-0.39, 0.29) is 26.2 Å². The number of rotatable bonds is 23. The summed E-state index contributed by atoms with van der Waals surface area (Å²) in [5.41, 5.74) is 0. The van der Waals surface area contributed by atoms with Crippen LogP contribution < -0.4 is 5.32 Å². The third kappa shape index (κ3) is 14.1. The second-order valence-electron chi connectivity index (χ2n) is 17.6. The third-order valence-corrected chi connectivity index (χ3v) is 12.6. The lowest BCUT2D eigenvalue weighted by Crippen LogP contribution is -2.65. The summed E-state index contributed by atoms with van der Waals surface area (Å²) >= 11 is 0. The quantitative estimate of drug-likeness (QED) is 0.0423. The van der Waals surface area contributed by atoms with E-state index in [4.69, 9.17) is 42.6 Å². The van der Waals surface area contributed by atoms with E-state index in [2.05, 4.69) is 5.32 Å². The van der Waals surface area contributed by atoms with Crippen molar-refractivity contribution in [1.29, 1.82) is 0 Å². The number of nitrogens with one attached hydrogen (secondary N) is 1. The van der Waals surface area contributed by atoms with Gasteiger partial charge in [0.05, 0.1) is 58.0 Å². The van der Waals surface area contributed by atoms with Gasteiger partial charge < -0.3 is 140 Å². The van der Waals surface area contributed by atoms with Crippen LogP contribution in [0.4, 0.5) is 0 Å². The summed E-state index contributed by atoms with van der Waals surface area (Å²) in [4.78, 5) is 1.84. The fourth-order valence-electron chi connectivity index (χ4n) is 8.45. The molecule has 5 aliphatic rings. The van der Waals surface area contributed by atoms with Gasteiger partial charge in [0.1, 0.15) is 116 Å². The molecule has 29 heteroatoms. The van der Waals surface area contributed by atoms with E-state index in [1.165, 1.54) is 6.92 Å². The molecule has 0 aromatic carbocycles. The molecule has 0 amide bonds. The maximum atomic E-state index is 11.4. The normalized spacial score (nSPS) is 44.9. The molecule has 5 rings (SSSR count). The van der Waals surface area contributed by atoms with Gasteiger partial charge in [-0.3, -0.25) is 4.90 Å². The fourth-order valence-corrected chi connectivity index (χ4v) is 8.45. The summed E-state index contributed by atoms with van der Waals surface area (Å²) < 4.78 is 50.3. The molecule has 19 N–H and O–H groups in total. The van der Waals surface area contributed by atoms with Gasteiger partial charge in [0.2, 0.25) is 0 Å². The molecule has 5 aliphatic heterocycles. The lowest BCUT2D eigenvalue weighted by molar-refractivity contribution is -0.352. The van der Waals surface area contributed by atoms with Crippen LogP contribution in [0.3, 0.4) is 0 Å². The van der Waals surface area contributed by atoms with Crippen LogP contribution in [-0.2, 0) is 42.6 Å². The highest BCUT2D eigenvalue weighted by Crippen LogP contribution is 2.32. The van der Waals surface area contributed by atoms with E-state index in [0.717, 1.165) is 0 Å². The summed E-state index contributed by atoms with van der Waals surface area (Å²) in [7, 11) is 0. The fraction of sp³-hybridized carbons (Fsp3) is 1.00. The summed E-state index contributed by atoms with van der Waals surface area (Å²) in [6.45, 7) is -1.90. The number of morpholine rings is 1. The van der Waals surface area contributed by atoms with Gasteiger partial charge in [0, 0.05) is 19.6 Å². The molecule has 26 unspecified atom stereocenters. The Morgan fingerprint density at radius 1 is 0.529 bits per heavy atom. The summed E-state index contributed by atoms with van der Waals surface area (Å²) in [5.74, 6) is 0. The van der Waals surface area contributed by atoms with Gasteiger partial charge in [-0.1, -0.05) is 0 Å². The van der Waals surface area contributed by atoms with Crippen LogP contribution in [0.2, 0.25) is 0 Å². The number of aliphatic hydroxyl groups is 18. The van der Waals surface area contributed by atoms with Crippen molar-refractivity contribution in [2.45, 2.75) is 173 Å². The lowest BCUT2D eigenvalue weighted by atomic mass is 9.94. The smallest absolute Gasteiger partial charge is 0.187 e. The first-order valence-corrected chi connectivity index (χ1v) is 22.5. The summed E-state index contributed by atoms with van der Waals surface area (Å²) in [6.07, 6.45) is -40.2. The van der Waals surface area contributed by atoms with Gasteiger partial charge in [-0.15, -0.1) is 0 Å². The van der Waals surface area contributed by atoms with Crippen LogP contribution in [0.5, 0.6) is 0 Å². The number of hydrogen-bond donors (Lipinski definition) is 19. The topological polar surface area (TPSA) is 462 Å². The molecule has 5 fully saturated rings. The largest absolute Gasteiger partial charge is 0.394 e. The minimum absolute atomic E-state index is 0.0530. The molecule has 68 heavy (non-hydrogen) atoms. The molecule has 26 atom stereocenters. The second-order valence-corrected chi connectivity index (χ2v) is 17.6. The monoisotopic (exact) mass is 1000 g/mol. The Bertz CT molecular complexity index is 1450. The molecule has 5 saturated heterocycles. The number of nitrogens with zero attached hydrogens (tertiary/aromatic N) is 1. The molecule has 400 valence electrons. The van der Waals surface area contributed by atoms with Crippen molar-refractivity contribution in [2.75, 3.05) is 72.4 Å². The van der Waals surface area contributed by atoms with Gasteiger partial charge in [-0.25, -0.2) is 0 Å². The highest BCUT2D eigenvalue weighted by atomic mass is 16.7. The first-order chi connectivity index (χ1) is 32.3. The van der Waals surface area contributed by atoms with Crippen LogP contribution in [0.25, 0.3) is 0 Å². The van der Waals surface area contributed by atoms with E-state index in [0.29, 0.717) is 13.0 Å². The van der Waals surface area contributed by atoms with E-state index in [1.807, 2.05) is 4.90 Å². The standard InChI is InChI=1S/C39H72N2O27/c1-14-23(48)35(68-39-33(58)31(56)27(52)19(10-44)66-39)29(54)21(62-14)13-61-38-34(59)36(28(53)20(11-45)65-38)67-22-7-41(6-15(8-42)63-22)4-2-3-40-5-16(46)24(49)25(50)17(47)12-60-37-32(57)30(55)26(51)18(9-43)64-37/h14-40,42-59H,2-13H2,1H3. The van der Waals surface area contributed by atoms with Crippen LogP contribution in [0.15, 0.2) is 0 Å². The molecule has 0 bridgehead atoms. The van der Waals surface area contributed by atoms with Gasteiger partial charge in [-0.2, -0.15) is 0 Å². The SMILES string of the molecule is CC1OC(COC2OC(CO)C(O)C(OC3CN(CCCNCC(O)C(O)C(O)C(O)COC4OC(CO)C(O)C(O)C4O)CC(CO)O3)C2O)C(O)C(OC2OC(CO)C(O)C(O)C2O)C1O. The van der Waals surface area contributed by atoms with Crippen LogP contribution in [-0.4, -0.2) is 329 Å². The van der Waals surface area contributed by atoms with Crippen molar-refractivity contribution in [3.8, 4) is 0 Å². The van der Waals surface area contributed by atoms with E-state index >= 15 is 0 Å². The van der Waals surface area contributed by atoms with Gasteiger partial charge in [0.25, 0.3) is 0 Å². The number of hydrogen-bond acceptors (Lipinski definition) is 29. The Morgan fingerprint density at radius 2 is 1.06 bits per heavy atom. The molecule has 0 saturated carbocycles. The molecule has 0 aromatic heterocycles. The van der Waals surface area contributed by atoms with Crippen LogP contribution in [0.1, 0.15) is 13.3 Å². The molecular weight excluding hydrogens is 928 g/mol. The molecular formula is C39H72N2O27. The van der Waals surface area contributed by atoms with Crippen molar-refractivity contribution < 1.29 is 135 Å². The summed E-state index contributed by atoms with van der Waals surface area (Å²) in [5, 5.41) is 189. The predicted octanol–water partition coefficient (Wildman–Crippen LogP) is -12.2. The molecule has 0 spiro atoms. The highest BCUT2D eigenvalue weighted by molar-refractivity contribution is 4.97. The Morgan fingerprint density at radius 3 is 1.66 bits per heavy atom. The molecule has 0 aliphatic carbocycles. The average Bonchev–Trinajstić information content (AvgIpc) is 3.33. The zero-order valence-electron chi connectivity index (χ0n) is 37.2. The van der Waals surface area contributed by atoms with E-state index < -0.39 is 199 Å². The van der Waals surface area contributed by atoms with Gasteiger partial charge >= 0.3 is 0 Å². The number of aliphatic hydroxyl groups excluding tert-OH is 18. The average molecular weight is 1000 g/mol. The van der Waals surface area contributed by atoms with Crippen molar-refractivity contribution in [3.05, 3.63) is 0 Å². The van der Waals surface area contributed by atoms with Crippen molar-refractivity contribution in [2.24, 2.45) is 0 Å². The van der Waals surface area contributed by atoms with Crippen molar-refractivity contribution >= 4 is 0 Å². The molecule has 29 nitrogen and oxygen atoms in total. The maximum absolute atomic E-state index is 11.4. The zero-order chi connectivity index (χ0) is 50.1. The Kier molecular flexibility index (Phi) is 22.7. The number of ether oxygens (including phenoxy) is 9. The van der Waals surface area contributed by atoms with Crippen LogP contribution >= 0.6 is 0 Å². The van der Waals surface area contributed by atoms with Gasteiger partial charge in [-0.05, 0) is 26.4 Å². The third-order valence-electron chi connectivity index (χ3n) is 12.6. The second kappa shape index (κ2) is 26.7.